The lowest BCUT2D eigenvalue weighted by molar-refractivity contribution is 0.569. The molecule has 0 saturated carbocycles. The van der Waals surface area contributed by atoms with Gasteiger partial charge in [0.2, 0.25) is 0 Å². The van der Waals surface area contributed by atoms with E-state index in [1.54, 1.807) is 0 Å². The Balaban J connectivity index is 1.25. The Labute approximate surface area is 339 Å². The molecule has 2 aliphatic carbocycles. The van der Waals surface area contributed by atoms with Crippen molar-refractivity contribution >= 4 is 59.3 Å². The minimum atomic E-state index is -0.379. The molecular formula is C55H45NS. The Hall–Kier alpha value is -5.96. The molecule has 8 aromatic carbocycles. The zero-order chi connectivity index (χ0) is 38.8. The molecule has 0 N–H and O–H groups in total. The fraction of sp³-hybridized carbons (Fsp3) is 0.164. The number of hydrogen-bond donors (Lipinski definition) is 0. The van der Waals surface area contributed by atoms with Gasteiger partial charge in [0.05, 0.1) is 15.8 Å². The molecule has 0 radical (unpaired) electrons. The van der Waals surface area contributed by atoms with E-state index in [4.69, 9.17) is 0 Å². The third-order valence-corrected chi connectivity index (χ3v) is 13.9. The predicted molar refractivity (Wildman–Crippen MR) is 245 cm³/mol. The van der Waals surface area contributed by atoms with Crippen LogP contribution in [0.5, 0.6) is 0 Å². The van der Waals surface area contributed by atoms with Crippen LogP contribution >= 0.6 is 11.3 Å². The van der Waals surface area contributed by atoms with Crippen LogP contribution in [0.2, 0.25) is 0 Å². The first-order valence-corrected chi connectivity index (χ1v) is 21.1. The lowest BCUT2D eigenvalue weighted by Crippen LogP contribution is -2.25. The number of benzene rings is 8. The van der Waals surface area contributed by atoms with Gasteiger partial charge >= 0.3 is 0 Å². The number of anilines is 3. The van der Waals surface area contributed by atoms with Crippen molar-refractivity contribution < 1.29 is 0 Å². The maximum absolute atomic E-state index is 2.58. The minimum absolute atomic E-state index is 0.0372. The molecule has 0 saturated heterocycles. The van der Waals surface area contributed by atoms with Crippen molar-refractivity contribution in [1.82, 2.24) is 0 Å². The Morgan fingerprint density at radius 2 is 0.947 bits per heavy atom. The lowest BCUT2D eigenvalue weighted by atomic mass is 9.70. The van der Waals surface area contributed by atoms with Crippen LogP contribution in [0.3, 0.4) is 0 Å². The smallest absolute Gasteiger partial charge is 0.0725 e. The minimum Gasteiger partial charge on any atom is -0.309 e. The van der Waals surface area contributed by atoms with E-state index in [0.717, 1.165) is 0 Å². The van der Waals surface area contributed by atoms with Gasteiger partial charge in [0.15, 0.2) is 0 Å². The van der Waals surface area contributed by atoms with E-state index in [2.05, 4.69) is 210 Å². The van der Waals surface area contributed by atoms with Gasteiger partial charge in [-0.3, -0.25) is 0 Å². The predicted octanol–water partition coefficient (Wildman–Crippen LogP) is 15.6. The molecule has 9 aromatic rings. The fourth-order valence-corrected chi connectivity index (χ4v) is 11.2. The van der Waals surface area contributed by atoms with E-state index in [1.807, 2.05) is 11.3 Å². The Bertz CT molecular complexity index is 3030. The average Bonchev–Trinajstić information content (AvgIpc) is 3.85. The largest absolute Gasteiger partial charge is 0.309 e. The number of fused-ring (bicyclic) bond motifs is 15. The molecule has 0 unspecified atom stereocenters. The summed E-state index contributed by atoms with van der Waals surface area (Å²) in [4.78, 5) is 2.58. The molecule has 2 aliphatic rings. The van der Waals surface area contributed by atoms with Crippen LogP contribution in [0.25, 0.3) is 53.2 Å². The van der Waals surface area contributed by atoms with Gasteiger partial charge < -0.3 is 4.90 Å². The molecule has 0 fully saturated rings. The maximum Gasteiger partial charge on any atom is 0.0725 e. The first kappa shape index (κ1) is 34.3. The van der Waals surface area contributed by atoms with Crippen LogP contribution < -0.4 is 4.90 Å². The van der Waals surface area contributed by atoms with Gasteiger partial charge in [-0.15, -0.1) is 11.3 Å². The van der Waals surface area contributed by atoms with Gasteiger partial charge in [0, 0.05) is 26.8 Å². The van der Waals surface area contributed by atoms with Gasteiger partial charge in [-0.05, 0) is 114 Å². The number of thiophene rings is 1. The monoisotopic (exact) mass is 751 g/mol. The second-order valence-electron chi connectivity index (χ2n) is 18.1. The van der Waals surface area contributed by atoms with Crippen LogP contribution in [-0.4, -0.2) is 0 Å². The molecule has 0 atom stereocenters. The van der Waals surface area contributed by atoms with Crippen LogP contribution in [0.4, 0.5) is 17.1 Å². The number of nitrogens with zero attached hydrogens (tertiary/aromatic N) is 1. The molecule has 1 spiro atoms. The van der Waals surface area contributed by atoms with Gasteiger partial charge in [0.1, 0.15) is 0 Å². The Morgan fingerprint density at radius 3 is 1.56 bits per heavy atom. The Kier molecular flexibility index (Phi) is 7.24. The molecule has 1 nitrogen and oxygen atoms in total. The normalized spacial score (nSPS) is 13.9. The summed E-state index contributed by atoms with van der Waals surface area (Å²) in [6.45, 7) is 14.0. The summed E-state index contributed by atoms with van der Waals surface area (Å²) < 4.78 is 2.62. The van der Waals surface area contributed by atoms with Crippen molar-refractivity contribution in [2.75, 3.05) is 4.90 Å². The molecule has 11 rings (SSSR count). The molecule has 2 heteroatoms. The second kappa shape index (κ2) is 12.0. The third-order valence-electron chi connectivity index (χ3n) is 12.7. The molecule has 57 heavy (non-hydrogen) atoms. The molecule has 276 valence electrons. The highest BCUT2D eigenvalue weighted by atomic mass is 32.1. The summed E-state index contributed by atoms with van der Waals surface area (Å²) in [7, 11) is 0. The summed E-state index contributed by atoms with van der Waals surface area (Å²) in [6.07, 6.45) is 0. The van der Waals surface area contributed by atoms with Crippen LogP contribution in [0.15, 0.2) is 164 Å². The summed E-state index contributed by atoms with van der Waals surface area (Å²) in [5.74, 6) is 0. The fourth-order valence-electron chi connectivity index (χ4n) is 9.98. The third kappa shape index (κ3) is 4.87. The molecule has 1 heterocycles. The number of rotatable bonds is 3. The molecule has 0 aliphatic heterocycles. The van der Waals surface area contributed by atoms with Crippen LogP contribution in [-0.2, 0) is 16.2 Å². The van der Waals surface area contributed by atoms with E-state index in [0.29, 0.717) is 0 Å². The Morgan fingerprint density at radius 1 is 0.439 bits per heavy atom. The highest BCUT2D eigenvalue weighted by molar-refractivity contribution is 7.26. The highest BCUT2D eigenvalue weighted by Gasteiger charge is 2.51. The van der Waals surface area contributed by atoms with E-state index in [1.165, 1.54) is 104 Å². The molecular weight excluding hydrogens is 707 g/mol. The lowest BCUT2D eigenvalue weighted by Gasteiger charge is -2.33. The molecule has 0 bridgehead atoms. The van der Waals surface area contributed by atoms with E-state index < -0.39 is 0 Å². The summed E-state index contributed by atoms with van der Waals surface area (Å²) in [5.41, 5.74) is 16.5. The van der Waals surface area contributed by atoms with E-state index >= 15 is 0 Å². The summed E-state index contributed by atoms with van der Waals surface area (Å²) >= 11 is 1.91. The van der Waals surface area contributed by atoms with Crippen molar-refractivity contribution in [2.45, 2.75) is 57.8 Å². The molecule has 0 amide bonds. The van der Waals surface area contributed by atoms with Crippen molar-refractivity contribution in [2.24, 2.45) is 0 Å². The zero-order valence-corrected chi connectivity index (χ0v) is 34.3. The summed E-state index contributed by atoms with van der Waals surface area (Å²) in [6, 6.07) is 62.3. The van der Waals surface area contributed by atoms with Crippen molar-refractivity contribution in [3.05, 3.63) is 197 Å². The van der Waals surface area contributed by atoms with Crippen molar-refractivity contribution in [3.8, 4) is 22.3 Å². The first-order valence-electron chi connectivity index (χ1n) is 20.3. The van der Waals surface area contributed by atoms with Gasteiger partial charge in [-0.25, -0.2) is 0 Å². The average molecular weight is 752 g/mol. The summed E-state index contributed by atoms with van der Waals surface area (Å²) in [5, 5.41) is 5.20. The second-order valence-corrected chi connectivity index (χ2v) is 19.2. The number of hydrogen-bond acceptors (Lipinski definition) is 2. The van der Waals surface area contributed by atoms with Crippen molar-refractivity contribution in [1.29, 1.82) is 0 Å². The van der Waals surface area contributed by atoms with Gasteiger partial charge in [0.25, 0.3) is 0 Å². The standard InChI is InChI=1S/C55H45NS/c1-53(2,3)35-30-36(54(4,5)6)32-38(31-35)56(49-29-34-17-7-8-18-39(34)51-43-22-12-16-26-50(43)57-52(49)51)37-27-28-48-44(33-37)42-21-11-15-25-47(42)55(48)45-23-13-9-19-40(45)41-20-10-14-24-46(41)55/h7-33H,1-6H3. The van der Waals surface area contributed by atoms with Gasteiger partial charge in [-0.2, -0.15) is 0 Å². The van der Waals surface area contributed by atoms with E-state index in [9.17, 15) is 0 Å². The highest BCUT2D eigenvalue weighted by Crippen LogP contribution is 2.63. The zero-order valence-electron chi connectivity index (χ0n) is 33.4. The van der Waals surface area contributed by atoms with Crippen LogP contribution in [0, 0.1) is 0 Å². The van der Waals surface area contributed by atoms with E-state index in [-0.39, 0.29) is 16.2 Å². The maximum atomic E-state index is 2.58. The SMILES string of the molecule is CC(C)(C)c1cc(N(c2ccc3c(c2)-c2ccccc2C32c3ccccc3-c3ccccc32)c2cc3ccccc3c3c2sc2ccccc23)cc(C(C)(C)C)c1. The van der Waals surface area contributed by atoms with Gasteiger partial charge in [-0.1, -0.05) is 169 Å². The quantitative estimate of drug-likeness (QED) is 0.174. The van der Waals surface area contributed by atoms with Crippen molar-refractivity contribution in [3.63, 3.8) is 0 Å². The topological polar surface area (TPSA) is 3.24 Å². The first-order chi connectivity index (χ1) is 27.5. The molecule has 1 aromatic heterocycles. The van der Waals surface area contributed by atoms with Crippen LogP contribution in [0.1, 0.15) is 74.9 Å².